The number of anilines is 1. The van der Waals surface area contributed by atoms with Crippen molar-refractivity contribution in [2.75, 3.05) is 17.7 Å². The molecule has 0 saturated heterocycles. The molecule has 0 aliphatic rings. The lowest BCUT2D eigenvalue weighted by Crippen LogP contribution is -2.15. The van der Waals surface area contributed by atoms with Crippen LogP contribution < -0.4 is 10.1 Å². The summed E-state index contributed by atoms with van der Waals surface area (Å²) in [5.41, 5.74) is 2.44. The van der Waals surface area contributed by atoms with Crippen molar-refractivity contribution in [3.8, 4) is 5.75 Å². The molecule has 0 radical (unpaired) electrons. The summed E-state index contributed by atoms with van der Waals surface area (Å²) in [5, 5.41) is 2.57. The van der Waals surface area contributed by atoms with E-state index in [1.165, 1.54) is 24.8 Å². The van der Waals surface area contributed by atoms with Crippen LogP contribution in [0.3, 0.4) is 0 Å². The number of hydrogen-bond donors (Lipinski definition) is 1. The zero-order valence-electron chi connectivity index (χ0n) is 15.1. The van der Waals surface area contributed by atoms with Crippen molar-refractivity contribution in [2.24, 2.45) is 0 Å². The summed E-state index contributed by atoms with van der Waals surface area (Å²) in [7, 11) is 0. The molecule has 0 aromatic heterocycles. The Morgan fingerprint density at radius 1 is 1.19 bits per heavy atom. The third-order valence-corrected chi connectivity index (χ3v) is 4.64. The van der Waals surface area contributed by atoms with E-state index in [-0.39, 0.29) is 23.1 Å². The fourth-order valence-corrected chi connectivity index (χ4v) is 3.17. The Hall–Kier alpha value is -2.34. The Labute approximate surface area is 157 Å². The van der Waals surface area contributed by atoms with Crippen molar-refractivity contribution in [3.63, 3.8) is 0 Å². The summed E-state index contributed by atoms with van der Waals surface area (Å²) in [6.45, 7) is 5.70. The molecule has 0 spiro atoms. The summed E-state index contributed by atoms with van der Waals surface area (Å²) in [4.78, 5) is 23.6. The Morgan fingerprint density at radius 2 is 1.96 bits per heavy atom. The van der Waals surface area contributed by atoms with E-state index in [0.717, 1.165) is 11.1 Å². The van der Waals surface area contributed by atoms with Crippen LogP contribution in [0.5, 0.6) is 5.75 Å². The number of carbonyl (C=O) groups excluding carboxylic acids is 2. The summed E-state index contributed by atoms with van der Waals surface area (Å²) >= 11 is 1.38. The largest absolute Gasteiger partial charge is 0.494 e. The highest BCUT2D eigenvalue weighted by atomic mass is 32.2. The first-order chi connectivity index (χ1) is 12.4. The monoisotopic (exact) mass is 375 g/mol. The number of nitrogens with one attached hydrogen (secondary N) is 1. The molecular formula is C20H22FNO3S. The number of Topliss-reactive ketones (excluding diaryl/α,β-unsaturated/α-hetero) is 1. The molecule has 0 atom stereocenters. The second-order valence-electron chi connectivity index (χ2n) is 5.84. The molecule has 138 valence electrons. The van der Waals surface area contributed by atoms with Gasteiger partial charge >= 0.3 is 0 Å². The predicted octanol–water partition coefficient (Wildman–Crippen LogP) is 4.61. The van der Waals surface area contributed by atoms with Crippen molar-refractivity contribution in [1.82, 2.24) is 0 Å². The number of carbonyl (C=O) groups is 2. The molecule has 2 rings (SSSR count). The topological polar surface area (TPSA) is 55.4 Å². The molecule has 6 heteroatoms. The number of hydrogen-bond acceptors (Lipinski definition) is 4. The van der Waals surface area contributed by atoms with Gasteiger partial charge in [-0.25, -0.2) is 4.39 Å². The first kappa shape index (κ1) is 20.0. The minimum Gasteiger partial charge on any atom is -0.494 e. The van der Waals surface area contributed by atoms with Crippen molar-refractivity contribution in [3.05, 3.63) is 58.9 Å². The fourth-order valence-electron chi connectivity index (χ4n) is 2.37. The maximum absolute atomic E-state index is 13.8. The lowest BCUT2D eigenvalue weighted by molar-refractivity contribution is -0.113. The van der Waals surface area contributed by atoms with Crippen LogP contribution in [0.2, 0.25) is 0 Å². The van der Waals surface area contributed by atoms with Crippen LogP contribution in [0, 0.1) is 12.7 Å². The van der Waals surface area contributed by atoms with Gasteiger partial charge in [0.2, 0.25) is 5.91 Å². The van der Waals surface area contributed by atoms with Crippen LogP contribution in [0.4, 0.5) is 10.1 Å². The minimum atomic E-state index is -0.448. The standard InChI is InChI=1S/C20H22FNO3S/c1-4-25-19-8-6-15(14(3)23)10-16(19)11-26-12-20(24)22-18-7-5-13(2)9-17(18)21/h5-10H,4,11-12H2,1-3H3,(H,22,24). The number of aryl methyl sites for hydroxylation is 1. The molecule has 2 aromatic rings. The molecule has 1 amide bonds. The van der Waals surface area contributed by atoms with Gasteiger partial charge in [0.25, 0.3) is 0 Å². The van der Waals surface area contributed by atoms with E-state index >= 15 is 0 Å². The normalized spacial score (nSPS) is 10.5. The number of rotatable bonds is 8. The Balaban J connectivity index is 1.96. The Morgan fingerprint density at radius 3 is 2.62 bits per heavy atom. The summed E-state index contributed by atoms with van der Waals surface area (Å²) in [6, 6.07) is 9.97. The van der Waals surface area contributed by atoms with Gasteiger partial charge in [0.1, 0.15) is 11.6 Å². The number of benzene rings is 2. The lowest BCUT2D eigenvalue weighted by atomic mass is 10.1. The molecule has 0 heterocycles. The number of thioether (sulfide) groups is 1. The third-order valence-electron chi connectivity index (χ3n) is 3.66. The highest BCUT2D eigenvalue weighted by Gasteiger charge is 2.11. The van der Waals surface area contributed by atoms with Gasteiger partial charge in [-0.15, -0.1) is 11.8 Å². The van der Waals surface area contributed by atoms with Crippen molar-refractivity contribution < 1.29 is 18.7 Å². The van der Waals surface area contributed by atoms with Gasteiger partial charge < -0.3 is 10.1 Å². The van der Waals surface area contributed by atoms with Crippen LogP contribution in [0.25, 0.3) is 0 Å². The third kappa shape index (κ3) is 5.59. The molecule has 0 aliphatic carbocycles. The van der Waals surface area contributed by atoms with E-state index in [2.05, 4.69) is 5.32 Å². The quantitative estimate of drug-likeness (QED) is 0.685. The maximum atomic E-state index is 13.8. The first-order valence-electron chi connectivity index (χ1n) is 8.31. The number of ether oxygens (including phenoxy) is 1. The van der Waals surface area contributed by atoms with Gasteiger partial charge in [0.15, 0.2) is 5.78 Å². The van der Waals surface area contributed by atoms with Gasteiger partial charge in [-0.3, -0.25) is 9.59 Å². The van der Waals surface area contributed by atoms with Crippen molar-refractivity contribution >= 4 is 29.1 Å². The van der Waals surface area contributed by atoms with Gasteiger partial charge in [0, 0.05) is 16.9 Å². The molecule has 1 N–H and O–H groups in total. The minimum absolute atomic E-state index is 0.0214. The molecule has 0 aliphatic heterocycles. The highest BCUT2D eigenvalue weighted by molar-refractivity contribution is 7.99. The number of amides is 1. The highest BCUT2D eigenvalue weighted by Crippen LogP contribution is 2.25. The van der Waals surface area contributed by atoms with Gasteiger partial charge in [-0.05, 0) is 56.7 Å². The van der Waals surface area contributed by atoms with Crippen LogP contribution >= 0.6 is 11.8 Å². The van der Waals surface area contributed by atoms with E-state index in [0.29, 0.717) is 23.7 Å². The lowest BCUT2D eigenvalue weighted by Gasteiger charge is -2.11. The van der Waals surface area contributed by atoms with E-state index < -0.39 is 5.82 Å². The SMILES string of the molecule is CCOc1ccc(C(C)=O)cc1CSCC(=O)Nc1ccc(C)cc1F. The van der Waals surface area contributed by atoms with E-state index in [1.54, 1.807) is 37.3 Å². The van der Waals surface area contributed by atoms with Gasteiger partial charge in [-0.2, -0.15) is 0 Å². The van der Waals surface area contributed by atoms with E-state index in [1.807, 2.05) is 6.92 Å². The molecular weight excluding hydrogens is 353 g/mol. The molecule has 2 aromatic carbocycles. The molecule has 0 unspecified atom stereocenters. The van der Waals surface area contributed by atoms with E-state index in [4.69, 9.17) is 4.74 Å². The average molecular weight is 375 g/mol. The maximum Gasteiger partial charge on any atom is 0.234 e. The van der Waals surface area contributed by atoms with Crippen LogP contribution in [0.15, 0.2) is 36.4 Å². The molecule has 0 saturated carbocycles. The summed E-state index contributed by atoms with van der Waals surface area (Å²) < 4.78 is 19.4. The van der Waals surface area contributed by atoms with E-state index in [9.17, 15) is 14.0 Å². The molecule has 4 nitrogen and oxygen atoms in total. The van der Waals surface area contributed by atoms with Crippen molar-refractivity contribution in [2.45, 2.75) is 26.5 Å². The molecule has 26 heavy (non-hydrogen) atoms. The second-order valence-corrected chi connectivity index (χ2v) is 6.82. The number of ketones is 1. The Kier molecular flexibility index (Phi) is 7.21. The summed E-state index contributed by atoms with van der Waals surface area (Å²) in [6.07, 6.45) is 0. The molecule has 0 bridgehead atoms. The average Bonchev–Trinajstić information content (AvgIpc) is 2.59. The van der Waals surface area contributed by atoms with Gasteiger partial charge in [0.05, 0.1) is 18.0 Å². The van der Waals surface area contributed by atoms with Crippen LogP contribution in [-0.2, 0) is 10.5 Å². The molecule has 0 fully saturated rings. The predicted molar refractivity (Wildman–Crippen MR) is 104 cm³/mol. The zero-order valence-corrected chi connectivity index (χ0v) is 15.9. The van der Waals surface area contributed by atoms with Crippen LogP contribution in [-0.4, -0.2) is 24.1 Å². The summed E-state index contributed by atoms with van der Waals surface area (Å²) in [5.74, 6) is 0.639. The fraction of sp³-hybridized carbons (Fsp3) is 0.300. The zero-order chi connectivity index (χ0) is 19.1. The number of halogens is 1. The smallest absolute Gasteiger partial charge is 0.234 e. The Bertz CT molecular complexity index is 808. The van der Waals surface area contributed by atoms with Crippen LogP contribution in [0.1, 0.15) is 35.3 Å². The van der Waals surface area contributed by atoms with Gasteiger partial charge in [-0.1, -0.05) is 6.07 Å². The van der Waals surface area contributed by atoms with Crippen molar-refractivity contribution in [1.29, 1.82) is 0 Å². The first-order valence-corrected chi connectivity index (χ1v) is 9.46. The second kappa shape index (κ2) is 9.38.